The van der Waals surface area contributed by atoms with Gasteiger partial charge in [0.1, 0.15) is 12.4 Å². The number of aldehydes is 1. The Kier molecular flexibility index (Phi) is 7.50. The first-order chi connectivity index (χ1) is 8.26. The molecule has 1 saturated carbocycles. The zero-order valence-corrected chi connectivity index (χ0v) is 11.9. The van der Waals surface area contributed by atoms with Crippen molar-refractivity contribution in [1.29, 1.82) is 0 Å². The van der Waals surface area contributed by atoms with E-state index >= 15 is 0 Å². The molecular weight excluding hydrogens is 335 g/mol. The third kappa shape index (κ3) is 6.21. The van der Waals surface area contributed by atoms with Crippen LogP contribution < -0.4 is 8.85 Å². The molecule has 0 atom stereocenters. The average Bonchev–Trinajstić information content (AvgIpc) is 2.36. The highest BCUT2D eigenvalue weighted by Crippen LogP contribution is 2.21. The summed E-state index contributed by atoms with van der Waals surface area (Å²) in [5, 5.41) is 2.65. The molecule has 0 saturated heterocycles. The first kappa shape index (κ1) is 14.7. The van der Waals surface area contributed by atoms with Crippen molar-refractivity contribution in [1.82, 2.24) is 8.85 Å². The van der Waals surface area contributed by atoms with E-state index in [2.05, 4.69) is 31.7 Å². The summed E-state index contributed by atoms with van der Waals surface area (Å²) in [7, 11) is 0. The monoisotopic (exact) mass is 354 g/mol. The second kappa shape index (κ2) is 8.68. The fourth-order valence-electron chi connectivity index (χ4n) is 1.86. The van der Waals surface area contributed by atoms with E-state index < -0.39 is 0 Å². The summed E-state index contributed by atoms with van der Waals surface area (Å²) in [6.07, 6.45) is 5.62. The quantitative estimate of drug-likeness (QED) is 0.331. The molecule has 1 amide bonds. The Bertz CT molecular complexity index is 243. The molecule has 1 rings (SSSR count). The molecule has 1 aliphatic carbocycles. The number of hydrogen-bond donors (Lipinski definition) is 2. The summed E-state index contributed by atoms with van der Waals surface area (Å²) in [5.41, 5.74) is 0. The van der Waals surface area contributed by atoms with Crippen LogP contribution in [0.1, 0.15) is 38.5 Å². The molecule has 0 heterocycles. The first-order valence-electron chi connectivity index (χ1n) is 6.00. The first-order valence-corrected chi connectivity index (χ1v) is 7.08. The van der Waals surface area contributed by atoms with E-state index in [9.17, 15) is 9.59 Å². The highest BCUT2D eigenvalue weighted by atomic mass is 127. The highest BCUT2D eigenvalue weighted by molar-refractivity contribution is 14.1. The van der Waals surface area contributed by atoms with Gasteiger partial charge in [-0.05, 0) is 32.1 Å². The topological polar surface area (TPSA) is 67.4 Å². The minimum Gasteiger partial charge on any atom is -0.446 e. The second-order valence-corrected chi connectivity index (χ2v) is 4.85. The van der Waals surface area contributed by atoms with Gasteiger partial charge in [-0.1, -0.05) is 0 Å². The summed E-state index contributed by atoms with van der Waals surface area (Å²) in [6.45, 7) is 0.502. The van der Waals surface area contributed by atoms with Gasteiger partial charge in [0.05, 0.1) is 0 Å². The van der Waals surface area contributed by atoms with Crippen molar-refractivity contribution in [3.8, 4) is 0 Å². The number of carbonyl (C=O) groups excluding carboxylic acids is 2. The van der Waals surface area contributed by atoms with Crippen LogP contribution in [0.25, 0.3) is 0 Å². The third-order valence-electron chi connectivity index (χ3n) is 2.87. The Hall–Kier alpha value is -0.370. The summed E-state index contributed by atoms with van der Waals surface area (Å²) in [5.74, 6) is 0. The van der Waals surface area contributed by atoms with Gasteiger partial charge in [-0.3, -0.25) is 3.53 Å². The molecule has 0 aliphatic heterocycles. The molecule has 0 aromatic rings. The molecule has 1 fully saturated rings. The Balaban J connectivity index is 2.08. The number of rotatable bonds is 6. The molecule has 6 heteroatoms. The van der Waals surface area contributed by atoms with Crippen LogP contribution >= 0.6 is 22.9 Å². The predicted octanol–water partition coefficient (Wildman–Crippen LogP) is 1.94. The lowest BCUT2D eigenvalue weighted by atomic mass is 9.94. The van der Waals surface area contributed by atoms with E-state index in [1.807, 2.05) is 0 Å². The van der Waals surface area contributed by atoms with Crippen molar-refractivity contribution in [3.63, 3.8) is 0 Å². The molecule has 1 aliphatic rings. The number of unbranched alkanes of at least 4 members (excludes halogenated alkanes) is 1. The van der Waals surface area contributed by atoms with Gasteiger partial charge in [-0.15, -0.1) is 0 Å². The second-order valence-electron chi connectivity index (χ2n) is 4.22. The number of nitrogens with one attached hydrogen (secondary N) is 2. The molecule has 5 nitrogen and oxygen atoms in total. The van der Waals surface area contributed by atoms with Crippen LogP contribution in [0, 0.1) is 0 Å². The molecule has 0 aromatic carbocycles. The summed E-state index contributed by atoms with van der Waals surface area (Å²) in [6, 6.07) is 0.547. The smallest absolute Gasteiger partial charge is 0.407 e. The fourth-order valence-corrected chi connectivity index (χ4v) is 2.48. The van der Waals surface area contributed by atoms with Gasteiger partial charge in [0.2, 0.25) is 0 Å². The Morgan fingerprint density at radius 2 is 2.06 bits per heavy atom. The van der Waals surface area contributed by atoms with Crippen LogP contribution in [-0.2, 0) is 9.53 Å². The largest absolute Gasteiger partial charge is 0.446 e. The Labute approximate surface area is 116 Å². The maximum Gasteiger partial charge on any atom is 0.407 e. The lowest BCUT2D eigenvalue weighted by Gasteiger charge is -2.27. The van der Waals surface area contributed by atoms with Gasteiger partial charge in [0.15, 0.2) is 0 Å². The van der Waals surface area contributed by atoms with Crippen LogP contribution in [0.15, 0.2) is 0 Å². The van der Waals surface area contributed by atoms with Crippen LogP contribution in [-0.4, -0.2) is 31.1 Å². The van der Waals surface area contributed by atoms with Gasteiger partial charge in [0, 0.05) is 41.9 Å². The van der Waals surface area contributed by atoms with Crippen molar-refractivity contribution >= 4 is 35.2 Å². The summed E-state index contributed by atoms with van der Waals surface area (Å²) >= 11 is 2.17. The normalized spacial score (nSPS) is 24.1. The molecule has 0 bridgehead atoms. The van der Waals surface area contributed by atoms with E-state index in [1.54, 1.807) is 0 Å². The standard InChI is InChI=1S/C11H19IN2O3/c12-14-9-3-5-10(6-4-9)17-11(16)13-7-1-2-8-15/h8-10,14H,1-7H2,(H,13,16). The Morgan fingerprint density at radius 1 is 1.35 bits per heavy atom. The number of alkyl carbamates (subject to hydrolysis) is 1. The van der Waals surface area contributed by atoms with Crippen molar-refractivity contribution in [2.75, 3.05) is 6.54 Å². The van der Waals surface area contributed by atoms with E-state index in [0.29, 0.717) is 25.4 Å². The summed E-state index contributed by atoms with van der Waals surface area (Å²) < 4.78 is 8.50. The van der Waals surface area contributed by atoms with Gasteiger partial charge in [0.25, 0.3) is 0 Å². The lowest BCUT2D eigenvalue weighted by Crippen LogP contribution is -2.35. The summed E-state index contributed by atoms with van der Waals surface area (Å²) in [4.78, 5) is 21.5. The SMILES string of the molecule is O=CCCCNC(=O)OC1CCC(NI)CC1. The van der Waals surface area contributed by atoms with Gasteiger partial charge >= 0.3 is 6.09 Å². The fraction of sp³-hybridized carbons (Fsp3) is 0.818. The average molecular weight is 354 g/mol. The molecule has 98 valence electrons. The van der Waals surface area contributed by atoms with Gasteiger partial charge in [-0.25, -0.2) is 4.79 Å². The van der Waals surface area contributed by atoms with E-state index in [0.717, 1.165) is 32.0 Å². The van der Waals surface area contributed by atoms with E-state index in [-0.39, 0.29) is 12.2 Å². The van der Waals surface area contributed by atoms with Gasteiger partial charge < -0.3 is 14.8 Å². The molecule has 0 radical (unpaired) electrons. The van der Waals surface area contributed by atoms with Gasteiger partial charge in [-0.2, -0.15) is 0 Å². The minimum absolute atomic E-state index is 0.0436. The maximum atomic E-state index is 11.4. The lowest BCUT2D eigenvalue weighted by molar-refractivity contribution is -0.107. The maximum absolute atomic E-state index is 11.4. The zero-order chi connectivity index (χ0) is 12.5. The molecule has 0 aromatic heterocycles. The molecular formula is C11H19IN2O3. The number of hydrogen-bond acceptors (Lipinski definition) is 4. The Morgan fingerprint density at radius 3 is 2.65 bits per heavy atom. The number of amides is 1. The number of carbonyl (C=O) groups is 2. The van der Waals surface area contributed by atoms with Crippen LogP contribution in [0.2, 0.25) is 0 Å². The van der Waals surface area contributed by atoms with Crippen LogP contribution in [0.5, 0.6) is 0 Å². The minimum atomic E-state index is -0.359. The molecule has 2 N–H and O–H groups in total. The van der Waals surface area contributed by atoms with Crippen LogP contribution in [0.3, 0.4) is 0 Å². The van der Waals surface area contributed by atoms with Crippen molar-refractivity contribution in [3.05, 3.63) is 0 Å². The van der Waals surface area contributed by atoms with Crippen molar-refractivity contribution in [2.24, 2.45) is 0 Å². The third-order valence-corrected chi connectivity index (χ3v) is 3.75. The predicted molar refractivity (Wildman–Crippen MR) is 73.0 cm³/mol. The van der Waals surface area contributed by atoms with E-state index in [4.69, 9.17) is 4.74 Å². The van der Waals surface area contributed by atoms with E-state index in [1.165, 1.54) is 0 Å². The molecule has 0 unspecified atom stereocenters. The number of ether oxygens (including phenoxy) is 1. The van der Waals surface area contributed by atoms with Crippen molar-refractivity contribution in [2.45, 2.75) is 50.7 Å². The van der Waals surface area contributed by atoms with Crippen molar-refractivity contribution < 1.29 is 14.3 Å². The molecule has 0 spiro atoms. The van der Waals surface area contributed by atoms with Crippen LogP contribution in [0.4, 0.5) is 4.79 Å². The number of halogens is 1. The highest BCUT2D eigenvalue weighted by Gasteiger charge is 2.22. The molecule has 17 heavy (non-hydrogen) atoms. The zero-order valence-electron chi connectivity index (χ0n) is 9.78.